The lowest BCUT2D eigenvalue weighted by atomic mass is 10.4. The highest BCUT2D eigenvalue weighted by molar-refractivity contribution is 4.64. The molecular formula is C3H8NO2. The van der Waals surface area contributed by atoms with Gasteiger partial charge in [-0.25, -0.2) is 0 Å². The first-order valence-electron chi connectivity index (χ1n) is 1.67. The molecule has 0 aliphatic rings. The molecular weight excluding hydrogens is 82.0 g/mol. The summed E-state index contributed by atoms with van der Waals surface area (Å²) in [6.45, 7) is 0.206. The van der Waals surface area contributed by atoms with Gasteiger partial charge in [-0.1, -0.05) is 0 Å². The van der Waals surface area contributed by atoms with E-state index in [2.05, 4.69) is 0 Å². The number of aliphatic hydroxyl groups excluding tert-OH is 1. The van der Waals surface area contributed by atoms with E-state index >= 15 is 0 Å². The van der Waals surface area contributed by atoms with Crippen molar-refractivity contribution in [2.24, 2.45) is 5.73 Å². The van der Waals surface area contributed by atoms with Crippen molar-refractivity contribution >= 4 is 0 Å². The van der Waals surface area contributed by atoms with Gasteiger partial charge in [-0.15, -0.1) is 0 Å². The molecule has 1 radical (unpaired) electrons. The van der Waals surface area contributed by atoms with Crippen molar-refractivity contribution in [2.45, 2.75) is 6.29 Å². The van der Waals surface area contributed by atoms with Gasteiger partial charge in [0.25, 0.3) is 0 Å². The van der Waals surface area contributed by atoms with E-state index in [1.165, 1.54) is 6.42 Å². The molecule has 0 saturated carbocycles. The molecule has 3 nitrogen and oxygen atoms in total. The Morgan fingerprint density at radius 1 is 1.67 bits per heavy atom. The van der Waals surface area contributed by atoms with Gasteiger partial charge in [-0.05, 0) is 0 Å². The van der Waals surface area contributed by atoms with Crippen LogP contribution in [-0.2, 0) is 0 Å². The topological polar surface area (TPSA) is 66.5 Å². The summed E-state index contributed by atoms with van der Waals surface area (Å²) in [5, 5.41) is 15.9. The lowest BCUT2D eigenvalue weighted by molar-refractivity contribution is -0.0119. The van der Waals surface area contributed by atoms with Crippen LogP contribution >= 0.6 is 0 Å². The fourth-order valence-electron chi connectivity index (χ4n) is 0.122. The van der Waals surface area contributed by atoms with Crippen LogP contribution in [0.3, 0.4) is 0 Å². The average molecular weight is 90.1 g/mol. The molecule has 0 aliphatic heterocycles. The first kappa shape index (κ1) is 5.88. The maximum Gasteiger partial charge on any atom is 0.156 e. The van der Waals surface area contributed by atoms with Crippen LogP contribution in [0.15, 0.2) is 0 Å². The Bertz CT molecular complexity index is 30.0. The standard InChI is InChI=1S/C3H8NO2/c4-2-1-3(5)6/h1,3,5-6H,2,4H2. The van der Waals surface area contributed by atoms with E-state index in [1.54, 1.807) is 0 Å². The molecule has 0 fully saturated rings. The van der Waals surface area contributed by atoms with Crippen LogP contribution in [0.25, 0.3) is 0 Å². The van der Waals surface area contributed by atoms with E-state index in [4.69, 9.17) is 15.9 Å². The summed E-state index contributed by atoms with van der Waals surface area (Å²) in [6.07, 6.45) is -0.171. The number of nitrogens with two attached hydrogens (primary N) is 1. The molecule has 0 spiro atoms. The Morgan fingerprint density at radius 2 is 2.17 bits per heavy atom. The lowest BCUT2D eigenvalue weighted by Crippen LogP contribution is -2.12. The Hall–Kier alpha value is -0.120. The first-order chi connectivity index (χ1) is 2.77. The molecule has 6 heavy (non-hydrogen) atoms. The molecule has 3 heteroatoms. The molecule has 0 heterocycles. The van der Waals surface area contributed by atoms with Gasteiger partial charge < -0.3 is 15.9 Å². The second-order valence-electron chi connectivity index (χ2n) is 0.885. The minimum absolute atomic E-state index is 0.206. The molecule has 4 N–H and O–H groups in total. The summed E-state index contributed by atoms with van der Waals surface area (Å²) in [5.41, 5.74) is 4.85. The third-order valence-electron chi connectivity index (χ3n) is 0.347. The second-order valence-corrected chi connectivity index (χ2v) is 0.885. The van der Waals surface area contributed by atoms with Crippen LogP contribution in [0.2, 0.25) is 0 Å². The van der Waals surface area contributed by atoms with E-state index in [1.807, 2.05) is 0 Å². The van der Waals surface area contributed by atoms with Crippen molar-refractivity contribution in [3.63, 3.8) is 0 Å². The Morgan fingerprint density at radius 3 is 2.17 bits per heavy atom. The van der Waals surface area contributed by atoms with Crippen LogP contribution in [0, 0.1) is 6.42 Å². The molecule has 0 rings (SSSR count). The van der Waals surface area contributed by atoms with Crippen molar-refractivity contribution < 1.29 is 10.2 Å². The minimum atomic E-state index is -1.35. The molecule has 0 unspecified atom stereocenters. The number of hydrogen-bond donors (Lipinski definition) is 3. The van der Waals surface area contributed by atoms with Crippen molar-refractivity contribution in [3.8, 4) is 0 Å². The van der Waals surface area contributed by atoms with Gasteiger partial charge in [0.15, 0.2) is 6.29 Å². The fourth-order valence-corrected chi connectivity index (χ4v) is 0.122. The zero-order chi connectivity index (χ0) is 4.99. The van der Waals surface area contributed by atoms with Gasteiger partial charge in [0.1, 0.15) is 0 Å². The predicted molar refractivity (Wildman–Crippen MR) is 21.6 cm³/mol. The van der Waals surface area contributed by atoms with Crippen molar-refractivity contribution in [1.29, 1.82) is 0 Å². The van der Waals surface area contributed by atoms with Crippen molar-refractivity contribution in [1.82, 2.24) is 0 Å². The summed E-state index contributed by atoms with van der Waals surface area (Å²) in [6, 6.07) is 0. The molecule has 37 valence electrons. The van der Waals surface area contributed by atoms with Crippen LogP contribution in [0.5, 0.6) is 0 Å². The van der Waals surface area contributed by atoms with Gasteiger partial charge in [-0.3, -0.25) is 0 Å². The van der Waals surface area contributed by atoms with Gasteiger partial charge in [0.05, 0.1) is 0 Å². The van der Waals surface area contributed by atoms with Crippen LogP contribution in [0.1, 0.15) is 0 Å². The monoisotopic (exact) mass is 90.1 g/mol. The quantitative estimate of drug-likeness (QED) is 0.360. The van der Waals surface area contributed by atoms with Crippen molar-refractivity contribution in [2.75, 3.05) is 6.54 Å². The summed E-state index contributed by atoms with van der Waals surface area (Å²) in [5.74, 6) is 0. The molecule has 0 aliphatic carbocycles. The molecule has 0 atom stereocenters. The van der Waals surface area contributed by atoms with Crippen molar-refractivity contribution in [3.05, 3.63) is 6.42 Å². The SMILES string of the molecule is NC[CH]C(O)O. The second kappa shape index (κ2) is 3.08. The third kappa shape index (κ3) is 3.88. The van der Waals surface area contributed by atoms with Crippen LogP contribution in [-0.4, -0.2) is 23.0 Å². The van der Waals surface area contributed by atoms with Gasteiger partial charge >= 0.3 is 0 Å². The van der Waals surface area contributed by atoms with Crippen LogP contribution < -0.4 is 5.73 Å². The summed E-state index contributed by atoms with van der Waals surface area (Å²) in [7, 11) is 0. The molecule has 0 amide bonds. The minimum Gasteiger partial charge on any atom is -0.368 e. The number of aliphatic hydroxyl groups is 2. The first-order valence-corrected chi connectivity index (χ1v) is 1.67. The summed E-state index contributed by atoms with van der Waals surface area (Å²) in [4.78, 5) is 0. The van der Waals surface area contributed by atoms with E-state index in [0.29, 0.717) is 0 Å². The molecule has 0 aromatic rings. The van der Waals surface area contributed by atoms with Gasteiger partial charge in [0, 0.05) is 13.0 Å². The summed E-state index contributed by atoms with van der Waals surface area (Å²) < 4.78 is 0. The number of rotatable bonds is 2. The largest absolute Gasteiger partial charge is 0.368 e. The predicted octanol–water partition coefficient (Wildman–Crippen LogP) is -1.54. The van der Waals surface area contributed by atoms with E-state index in [0.717, 1.165) is 0 Å². The van der Waals surface area contributed by atoms with E-state index < -0.39 is 6.29 Å². The normalized spacial score (nSPS) is 10.0. The zero-order valence-electron chi connectivity index (χ0n) is 3.33. The van der Waals surface area contributed by atoms with E-state index in [9.17, 15) is 0 Å². The zero-order valence-corrected chi connectivity index (χ0v) is 3.33. The lowest BCUT2D eigenvalue weighted by Gasteiger charge is -1.94. The molecule has 0 aromatic carbocycles. The van der Waals surface area contributed by atoms with Crippen LogP contribution in [0.4, 0.5) is 0 Å². The summed E-state index contributed by atoms with van der Waals surface area (Å²) >= 11 is 0. The Kier molecular flexibility index (Phi) is 3.02. The van der Waals surface area contributed by atoms with E-state index in [-0.39, 0.29) is 6.54 Å². The highest BCUT2D eigenvalue weighted by atomic mass is 16.5. The van der Waals surface area contributed by atoms with Gasteiger partial charge in [0.2, 0.25) is 0 Å². The molecule has 0 bridgehead atoms. The van der Waals surface area contributed by atoms with Gasteiger partial charge in [-0.2, -0.15) is 0 Å². The average Bonchev–Trinajstić information content (AvgIpc) is 1.35. The Balaban J connectivity index is 2.63. The smallest absolute Gasteiger partial charge is 0.156 e. The fraction of sp³-hybridized carbons (Fsp3) is 0.667. The highest BCUT2D eigenvalue weighted by Crippen LogP contribution is 1.75. The molecule has 0 saturated heterocycles. The Labute approximate surface area is 36.4 Å². The highest BCUT2D eigenvalue weighted by Gasteiger charge is 1.90. The maximum atomic E-state index is 7.97. The third-order valence-corrected chi connectivity index (χ3v) is 0.347. The number of hydrogen-bond acceptors (Lipinski definition) is 3. The maximum absolute atomic E-state index is 7.97. The molecule has 0 aromatic heterocycles.